The number of likely N-dealkylation sites (N-methyl/N-ethyl adjacent to an activating group) is 1. The Kier molecular flexibility index (Phi) is 54.6. The number of nitrogens with zero attached hydrogens (tertiary/aromatic N) is 2. The van der Waals surface area contributed by atoms with Gasteiger partial charge in [-0.15, -0.1) is 0 Å². The Bertz CT molecular complexity index is 1110. The predicted octanol–water partition coefficient (Wildman–Crippen LogP) is 16.3. The van der Waals surface area contributed by atoms with Crippen LogP contribution in [0.2, 0.25) is 0 Å². The van der Waals surface area contributed by atoms with Crippen LogP contribution in [-0.4, -0.2) is 96.3 Å². The van der Waals surface area contributed by atoms with Crippen LogP contribution in [0.3, 0.4) is 0 Å². The molecule has 68 heavy (non-hydrogen) atoms. The summed E-state index contributed by atoms with van der Waals surface area (Å²) in [5.74, 6) is 0. The monoisotopic (exact) mass is 952 g/mol. The minimum absolute atomic E-state index is 0.278. The van der Waals surface area contributed by atoms with Gasteiger partial charge in [-0.1, -0.05) is 229 Å². The average molecular weight is 953 g/mol. The highest BCUT2D eigenvalue weighted by molar-refractivity contribution is 4.94. The first-order valence-corrected chi connectivity index (χ1v) is 29.5. The normalized spacial score (nSPS) is 14.1. The summed E-state index contributed by atoms with van der Waals surface area (Å²) >= 11 is 0. The summed E-state index contributed by atoms with van der Waals surface area (Å²) in [5, 5.41) is 36.3. The van der Waals surface area contributed by atoms with E-state index in [9.17, 15) is 15.3 Å². The molecule has 0 aromatic rings. The van der Waals surface area contributed by atoms with Crippen LogP contribution >= 0.6 is 0 Å². The lowest BCUT2D eigenvalue weighted by Crippen LogP contribution is -2.43. The van der Waals surface area contributed by atoms with Gasteiger partial charge in [0.25, 0.3) is 0 Å². The van der Waals surface area contributed by atoms with Crippen LogP contribution < -0.4 is 5.32 Å². The molecule has 0 aliphatic carbocycles. The summed E-state index contributed by atoms with van der Waals surface area (Å²) in [6.07, 6.45) is 69.7. The third kappa shape index (κ3) is 53.5. The number of unbranched alkanes of at least 4 members (excludes halogenated alkanes) is 24. The van der Waals surface area contributed by atoms with Gasteiger partial charge in [0.1, 0.15) is 0 Å². The highest BCUT2D eigenvalue weighted by atomic mass is 16.3. The summed E-state index contributed by atoms with van der Waals surface area (Å²) in [4.78, 5) is 4.66. The molecule has 0 heterocycles. The largest absolute Gasteiger partial charge is 0.392 e. The number of rotatable bonds is 54. The van der Waals surface area contributed by atoms with Crippen LogP contribution in [0.5, 0.6) is 0 Å². The third-order valence-corrected chi connectivity index (χ3v) is 13.3. The van der Waals surface area contributed by atoms with Gasteiger partial charge in [-0.05, 0) is 103 Å². The molecule has 0 rings (SSSR count). The molecule has 4 N–H and O–H groups in total. The zero-order chi connectivity index (χ0) is 49.5. The van der Waals surface area contributed by atoms with Gasteiger partial charge < -0.3 is 25.5 Å². The molecule has 3 unspecified atom stereocenters. The zero-order valence-electron chi connectivity index (χ0n) is 45.8. The summed E-state index contributed by atoms with van der Waals surface area (Å²) in [5.41, 5.74) is 0. The van der Waals surface area contributed by atoms with Crippen molar-refractivity contribution in [3.8, 4) is 0 Å². The van der Waals surface area contributed by atoms with Gasteiger partial charge in [-0.3, -0.25) is 4.90 Å². The van der Waals surface area contributed by atoms with Crippen molar-refractivity contribution in [1.29, 1.82) is 0 Å². The van der Waals surface area contributed by atoms with Crippen LogP contribution in [0.1, 0.15) is 252 Å². The molecule has 0 aliphatic rings. The van der Waals surface area contributed by atoms with E-state index < -0.39 is 0 Å². The lowest BCUT2D eigenvalue weighted by atomic mass is 10.0. The molecule has 398 valence electrons. The number of nitrogens with one attached hydrogen (secondary N) is 1. The number of allylic oxidation sites excluding steroid dienone is 12. The van der Waals surface area contributed by atoms with Crippen LogP contribution in [0, 0.1) is 0 Å². The van der Waals surface area contributed by atoms with Crippen LogP contribution in [-0.2, 0) is 0 Å². The third-order valence-electron chi connectivity index (χ3n) is 13.3. The maximum absolute atomic E-state index is 11.1. The van der Waals surface area contributed by atoms with Gasteiger partial charge in [0.15, 0.2) is 0 Å². The van der Waals surface area contributed by atoms with Crippen molar-refractivity contribution in [3.63, 3.8) is 0 Å². The van der Waals surface area contributed by atoms with Crippen LogP contribution in [0.4, 0.5) is 0 Å². The van der Waals surface area contributed by atoms with Gasteiger partial charge in [0.2, 0.25) is 0 Å². The van der Waals surface area contributed by atoms with Crippen molar-refractivity contribution in [2.24, 2.45) is 0 Å². The van der Waals surface area contributed by atoms with E-state index in [4.69, 9.17) is 0 Å². The molecule has 0 spiro atoms. The van der Waals surface area contributed by atoms with Crippen molar-refractivity contribution in [1.82, 2.24) is 15.1 Å². The van der Waals surface area contributed by atoms with Gasteiger partial charge in [-0.25, -0.2) is 0 Å². The van der Waals surface area contributed by atoms with E-state index in [2.05, 4.69) is 116 Å². The molecule has 3 atom stereocenters. The smallest absolute Gasteiger partial charge is 0.0667 e. The Hall–Kier alpha value is -1.80. The lowest BCUT2D eigenvalue weighted by molar-refractivity contribution is 0.0563. The minimum atomic E-state index is -0.353. The molecule has 0 aromatic carbocycles. The summed E-state index contributed by atoms with van der Waals surface area (Å²) < 4.78 is 0. The number of hydrogen-bond acceptors (Lipinski definition) is 6. The highest BCUT2D eigenvalue weighted by Crippen LogP contribution is 2.15. The van der Waals surface area contributed by atoms with E-state index >= 15 is 0 Å². The van der Waals surface area contributed by atoms with E-state index in [0.29, 0.717) is 19.6 Å². The summed E-state index contributed by atoms with van der Waals surface area (Å²) in [6.45, 7) is 12.2. The van der Waals surface area contributed by atoms with E-state index in [0.717, 1.165) is 84.0 Å². The Labute approximate surface area is 424 Å². The van der Waals surface area contributed by atoms with Crippen molar-refractivity contribution < 1.29 is 15.3 Å². The molecule has 0 radical (unpaired) electrons. The molecule has 6 nitrogen and oxygen atoms in total. The average Bonchev–Trinajstić information content (AvgIpc) is 3.33. The van der Waals surface area contributed by atoms with Gasteiger partial charge >= 0.3 is 0 Å². The Morgan fingerprint density at radius 1 is 0.353 bits per heavy atom. The fourth-order valence-electron chi connectivity index (χ4n) is 8.63. The molecule has 0 bridgehead atoms. The van der Waals surface area contributed by atoms with Crippen LogP contribution in [0.15, 0.2) is 72.9 Å². The number of aliphatic hydroxyl groups is 3. The lowest BCUT2D eigenvalue weighted by Gasteiger charge is -2.29. The summed E-state index contributed by atoms with van der Waals surface area (Å²) in [7, 11) is 2.17. The first-order valence-electron chi connectivity index (χ1n) is 29.5. The van der Waals surface area contributed by atoms with Crippen molar-refractivity contribution in [2.75, 3.05) is 52.9 Å². The minimum Gasteiger partial charge on any atom is -0.392 e. The maximum atomic E-state index is 11.1. The molecule has 6 heteroatoms. The fourth-order valence-corrected chi connectivity index (χ4v) is 8.63. The molecular weight excluding hydrogens is 835 g/mol. The molecule has 0 aromatic heterocycles. The van der Waals surface area contributed by atoms with E-state index in [-0.39, 0.29) is 18.3 Å². The first-order chi connectivity index (χ1) is 33.4. The SMILES string of the molecule is CCCC/C=C\C/C=C\CCCCCCCCC(O)CNCCN(C)CCN(CC(O)CCCCCCCC/C=C\C/C=C\CCCC)CC(O)CCCCCCCC/C=C\C/C=C\CCCC. The first kappa shape index (κ1) is 66.2. The van der Waals surface area contributed by atoms with Gasteiger partial charge in [-0.2, -0.15) is 0 Å². The maximum Gasteiger partial charge on any atom is 0.0667 e. The fraction of sp³-hybridized carbons (Fsp3) is 0.806. The van der Waals surface area contributed by atoms with Gasteiger partial charge in [0, 0.05) is 45.8 Å². The second-order valence-corrected chi connectivity index (χ2v) is 20.3. The molecule has 0 aliphatic heterocycles. The summed E-state index contributed by atoms with van der Waals surface area (Å²) in [6, 6.07) is 0. The van der Waals surface area contributed by atoms with Gasteiger partial charge in [0.05, 0.1) is 18.3 Å². The Morgan fingerprint density at radius 3 is 1.01 bits per heavy atom. The van der Waals surface area contributed by atoms with Crippen LogP contribution in [0.25, 0.3) is 0 Å². The molecule has 0 saturated carbocycles. The Morgan fingerprint density at radius 2 is 0.662 bits per heavy atom. The quantitative estimate of drug-likeness (QED) is 0.0359. The van der Waals surface area contributed by atoms with E-state index in [1.54, 1.807) is 0 Å². The molecular formula is C62H117N3O3. The van der Waals surface area contributed by atoms with E-state index in [1.807, 2.05) is 0 Å². The second-order valence-electron chi connectivity index (χ2n) is 20.3. The highest BCUT2D eigenvalue weighted by Gasteiger charge is 2.17. The number of hydrogen-bond donors (Lipinski definition) is 4. The number of aliphatic hydroxyl groups excluding tert-OH is 3. The van der Waals surface area contributed by atoms with Crippen molar-refractivity contribution in [2.45, 2.75) is 270 Å². The predicted molar refractivity (Wildman–Crippen MR) is 303 cm³/mol. The zero-order valence-corrected chi connectivity index (χ0v) is 45.8. The van der Waals surface area contributed by atoms with Crippen molar-refractivity contribution >= 4 is 0 Å². The van der Waals surface area contributed by atoms with E-state index in [1.165, 1.54) is 173 Å². The topological polar surface area (TPSA) is 79.2 Å². The Balaban J connectivity index is 4.45. The molecule has 0 fully saturated rings. The molecule has 0 saturated heterocycles. The van der Waals surface area contributed by atoms with Crippen molar-refractivity contribution in [3.05, 3.63) is 72.9 Å². The standard InChI is InChI=1S/C62H117N3O3/c1-5-8-11-14-17-20-23-26-29-32-35-38-41-44-47-50-60(66)57-63-53-54-64(4)55-56-65(58-61(67)51-48-45-42-39-36-33-30-27-24-21-18-15-12-9-6-2)59-62(68)52-49-46-43-40-37-34-31-28-25-22-19-16-13-10-7-3/h14-19,23-28,60-63,66-68H,5-13,20-22,29-59H2,1-4H3/b17-14-,18-15-,19-16-,26-23-,27-24-,28-25-. The second kappa shape index (κ2) is 56.1. The molecule has 0 amide bonds.